The Bertz CT molecular complexity index is 159. The molecule has 0 amide bonds. The van der Waals surface area contributed by atoms with Crippen LogP contribution in [0.25, 0.3) is 0 Å². The third-order valence-electron chi connectivity index (χ3n) is 0.980. The lowest BCUT2D eigenvalue weighted by Crippen LogP contribution is -2.20. The molecule has 0 fully saturated rings. The molecule has 48 valence electrons. The molecule has 0 aliphatic rings. The molecule has 0 aliphatic heterocycles. The quantitative estimate of drug-likeness (QED) is 0.519. The van der Waals surface area contributed by atoms with Crippen LogP contribution in [-0.2, 0) is 0 Å². The zero-order chi connectivity index (χ0) is 6.69. The molecular formula is C4H9BN4. The van der Waals surface area contributed by atoms with Gasteiger partial charge in [0, 0.05) is 0 Å². The Morgan fingerprint density at radius 3 is 2.78 bits per heavy atom. The van der Waals surface area contributed by atoms with E-state index < -0.39 is 0 Å². The van der Waals surface area contributed by atoms with Crippen LogP contribution in [0.4, 0.5) is 0 Å². The molecule has 0 bridgehead atoms. The summed E-state index contributed by atoms with van der Waals surface area (Å²) in [6.45, 7) is 4.24. The Balaban J connectivity index is 2.48. The van der Waals surface area contributed by atoms with E-state index in [1.165, 1.54) is 0 Å². The highest BCUT2D eigenvalue weighted by Crippen LogP contribution is 1.92. The Morgan fingerprint density at radius 1 is 1.56 bits per heavy atom. The molecule has 0 unspecified atom stereocenters. The van der Waals surface area contributed by atoms with Gasteiger partial charge < -0.3 is 0 Å². The lowest BCUT2D eigenvalue weighted by molar-refractivity contribution is 0.881. The van der Waals surface area contributed by atoms with E-state index in [0.29, 0.717) is 5.82 Å². The minimum atomic E-state index is 0.600. The molecule has 1 N–H and O–H groups in total. The molecule has 1 rings (SSSR count). The summed E-state index contributed by atoms with van der Waals surface area (Å²) < 4.78 is 0. The van der Waals surface area contributed by atoms with Gasteiger partial charge in [0.05, 0.1) is 0 Å². The number of tetrazole rings is 1. The van der Waals surface area contributed by atoms with Crippen molar-refractivity contribution in [2.45, 2.75) is 19.7 Å². The Labute approximate surface area is 54.3 Å². The number of rotatable bonds is 2. The van der Waals surface area contributed by atoms with Crippen LogP contribution in [0.15, 0.2) is 0 Å². The van der Waals surface area contributed by atoms with Crippen LogP contribution >= 0.6 is 0 Å². The maximum Gasteiger partial charge on any atom is 0.215 e. The van der Waals surface area contributed by atoms with Gasteiger partial charge in [0.15, 0.2) is 0 Å². The maximum absolute atomic E-state index is 3.81. The average molecular weight is 124 g/mol. The smallest absolute Gasteiger partial charge is 0.178 e. The highest BCUT2D eigenvalue weighted by atomic mass is 15.5. The molecule has 1 aromatic heterocycles. The predicted octanol–water partition coefficient (Wildman–Crippen LogP) is -0.910. The summed E-state index contributed by atoms with van der Waals surface area (Å²) in [6, 6.07) is 0. The first kappa shape index (κ1) is 6.26. The number of H-pyrrole nitrogens is 1. The van der Waals surface area contributed by atoms with E-state index in [4.69, 9.17) is 0 Å². The van der Waals surface area contributed by atoms with E-state index in [0.717, 1.165) is 13.0 Å². The molecule has 9 heavy (non-hydrogen) atoms. The summed E-state index contributed by atoms with van der Waals surface area (Å²) in [5, 5.41) is 13.5. The van der Waals surface area contributed by atoms with Crippen LogP contribution in [0, 0.1) is 0 Å². The summed E-state index contributed by atoms with van der Waals surface area (Å²) >= 11 is 0. The van der Waals surface area contributed by atoms with Crippen LogP contribution in [-0.4, -0.2) is 27.9 Å². The van der Waals surface area contributed by atoms with Crippen molar-refractivity contribution >= 4 is 13.0 Å². The monoisotopic (exact) mass is 124 g/mol. The van der Waals surface area contributed by atoms with E-state index in [1.807, 2.05) is 0 Å². The van der Waals surface area contributed by atoms with Crippen LogP contribution in [0.5, 0.6) is 0 Å². The second-order valence-electron chi connectivity index (χ2n) is 2.43. The summed E-state index contributed by atoms with van der Waals surface area (Å²) in [5.74, 6) is 0.600. The van der Waals surface area contributed by atoms with Gasteiger partial charge in [-0.15, -0.1) is 5.10 Å². The number of nitrogens with one attached hydrogen (secondary N) is 1. The zero-order valence-corrected chi connectivity index (χ0v) is 5.63. The van der Waals surface area contributed by atoms with Gasteiger partial charge in [-0.3, -0.25) is 0 Å². The van der Waals surface area contributed by atoms with Crippen molar-refractivity contribution in [2.24, 2.45) is 0 Å². The van der Waals surface area contributed by atoms with Gasteiger partial charge in [-0.25, -0.2) is 0 Å². The van der Waals surface area contributed by atoms with Crippen molar-refractivity contribution in [3.05, 3.63) is 0 Å². The van der Waals surface area contributed by atoms with Gasteiger partial charge in [0.1, 0.15) is 5.72 Å². The lowest BCUT2D eigenvalue weighted by Gasteiger charge is -1.92. The first-order valence-corrected chi connectivity index (χ1v) is 3.01. The lowest BCUT2D eigenvalue weighted by atomic mass is 9.66. The molecule has 0 radical (unpaired) electrons. The SMILES string of the molecule is CC(C)Bc1nn[nH]n1. The molecule has 5 heteroatoms. The van der Waals surface area contributed by atoms with E-state index in [2.05, 4.69) is 34.5 Å². The van der Waals surface area contributed by atoms with Crippen LogP contribution in [0.2, 0.25) is 5.82 Å². The molecule has 0 saturated heterocycles. The van der Waals surface area contributed by atoms with Gasteiger partial charge >= 0.3 is 0 Å². The average Bonchev–Trinajstić information content (AvgIpc) is 2.15. The van der Waals surface area contributed by atoms with Crippen LogP contribution < -0.4 is 5.72 Å². The van der Waals surface area contributed by atoms with Crippen molar-refractivity contribution < 1.29 is 0 Å². The standard InChI is InChI=1S/C4H9BN4/c1-3(2)5-4-6-8-9-7-4/h3,5H,1-2H3,(H,6,7,8,9). The number of aromatic nitrogens is 4. The third-order valence-corrected chi connectivity index (χ3v) is 0.980. The molecule has 0 aromatic carbocycles. The molecule has 1 aromatic rings. The fourth-order valence-corrected chi connectivity index (χ4v) is 0.634. The zero-order valence-electron chi connectivity index (χ0n) is 5.63. The van der Waals surface area contributed by atoms with E-state index in [-0.39, 0.29) is 0 Å². The molecule has 0 spiro atoms. The van der Waals surface area contributed by atoms with Gasteiger partial charge in [-0.1, -0.05) is 24.9 Å². The minimum Gasteiger partial charge on any atom is -0.178 e. The second kappa shape index (κ2) is 2.61. The number of hydrogen-bond donors (Lipinski definition) is 1. The minimum absolute atomic E-state index is 0.600. The Kier molecular flexibility index (Phi) is 1.82. The molecule has 0 aliphatic carbocycles. The van der Waals surface area contributed by atoms with E-state index in [1.54, 1.807) is 0 Å². The normalized spacial score (nSPS) is 10.1. The number of aromatic amines is 1. The summed E-state index contributed by atoms with van der Waals surface area (Å²) in [5.41, 5.74) is 0.796. The Morgan fingerprint density at radius 2 is 2.33 bits per heavy atom. The van der Waals surface area contributed by atoms with Crippen molar-refractivity contribution in [3.8, 4) is 0 Å². The molecular weight excluding hydrogens is 115 g/mol. The first-order valence-electron chi connectivity index (χ1n) is 3.01. The van der Waals surface area contributed by atoms with Crippen LogP contribution in [0.3, 0.4) is 0 Å². The van der Waals surface area contributed by atoms with Gasteiger partial charge in [0.2, 0.25) is 7.28 Å². The van der Waals surface area contributed by atoms with Gasteiger partial charge in [-0.2, -0.15) is 10.3 Å². The predicted molar refractivity (Wildman–Crippen MR) is 36.1 cm³/mol. The first-order chi connectivity index (χ1) is 4.29. The summed E-state index contributed by atoms with van der Waals surface area (Å²) in [6.07, 6.45) is 0. The molecule has 1 heterocycles. The number of nitrogens with zero attached hydrogens (tertiary/aromatic N) is 3. The van der Waals surface area contributed by atoms with E-state index >= 15 is 0 Å². The highest BCUT2D eigenvalue weighted by molar-refractivity contribution is 6.52. The molecule has 4 nitrogen and oxygen atoms in total. The van der Waals surface area contributed by atoms with E-state index in [9.17, 15) is 0 Å². The Hall–Kier alpha value is -0.865. The largest absolute Gasteiger partial charge is 0.215 e. The highest BCUT2D eigenvalue weighted by Gasteiger charge is 2.03. The fourth-order valence-electron chi connectivity index (χ4n) is 0.634. The topological polar surface area (TPSA) is 54.5 Å². The second-order valence-corrected chi connectivity index (χ2v) is 2.43. The van der Waals surface area contributed by atoms with Crippen molar-refractivity contribution in [2.75, 3.05) is 0 Å². The number of hydrogen-bond acceptors (Lipinski definition) is 3. The molecule has 0 saturated carbocycles. The fraction of sp³-hybridized carbons (Fsp3) is 0.750. The van der Waals surface area contributed by atoms with Crippen molar-refractivity contribution in [1.29, 1.82) is 0 Å². The van der Waals surface area contributed by atoms with Crippen molar-refractivity contribution in [1.82, 2.24) is 20.6 Å². The van der Waals surface area contributed by atoms with Gasteiger partial charge in [0.25, 0.3) is 0 Å². The third kappa shape index (κ3) is 1.83. The maximum atomic E-state index is 3.81. The summed E-state index contributed by atoms with van der Waals surface area (Å²) in [4.78, 5) is 0. The van der Waals surface area contributed by atoms with Gasteiger partial charge in [-0.05, 0) is 0 Å². The summed E-state index contributed by atoms with van der Waals surface area (Å²) in [7, 11) is 0.899. The molecule has 0 atom stereocenters. The van der Waals surface area contributed by atoms with Crippen LogP contribution in [0.1, 0.15) is 13.8 Å². The van der Waals surface area contributed by atoms with Crippen molar-refractivity contribution in [3.63, 3.8) is 0 Å².